The molecule has 4 rings (SSSR count). The van der Waals surface area contributed by atoms with Crippen molar-refractivity contribution in [1.29, 1.82) is 0 Å². The Morgan fingerprint density at radius 3 is 2.59 bits per heavy atom. The quantitative estimate of drug-likeness (QED) is 0.536. The molecule has 1 aliphatic rings. The van der Waals surface area contributed by atoms with Gasteiger partial charge in [0.1, 0.15) is 23.6 Å². The maximum absolute atomic E-state index is 12.9. The van der Waals surface area contributed by atoms with Crippen molar-refractivity contribution < 1.29 is 27.5 Å². The Morgan fingerprint density at radius 1 is 1.21 bits per heavy atom. The van der Waals surface area contributed by atoms with Gasteiger partial charge in [-0.05, 0) is 56.4 Å². The number of ether oxygens (including phenoxy) is 1. The average Bonchev–Trinajstić information content (AvgIpc) is 3.53. The second kappa shape index (κ2) is 8.72. The predicted octanol–water partition coefficient (Wildman–Crippen LogP) is 2.73. The smallest absolute Gasteiger partial charge is 0.406 e. The fraction of sp³-hybridized carbons (Fsp3) is 0.333. The van der Waals surface area contributed by atoms with Crippen molar-refractivity contribution in [2.45, 2.75) is 45.0 Å². The number of amides is 2. The van der Waals surface area contributed by atoms with Gasteiger partial charge < -0.3 is 15.8 Å². The van der Waals surface area contributed by atoms with Gasteiger partial charge in [0.2, 0.25) is 0 Å². The summed E-state index contributed by atoms with van der Waals surface area (Å²) in [6.07, 6.45) is -2.06. The van der Waals surface area contributed by atoms with Crippen LogP contribution in [0.2, 0.25) is 0 Å². The molecule has 0 saturated heterocycles. The number of aryl methyl sites for hydroxylation is 1. The first kappa shape index (κ1) is 23.1. The summed E-state index contributed by atoms with van der Waals surface area (Å²) < 4.78 is 43.7. The van der Waals surface area contributed by atoms with Crippen LogP contribution in [0.3, 0.4) is 0 Å². The lowest BCUT2D eigenvalue weighted by atomic mass is 10.1. The van der Waals surface area contributed by atoms with E-state index in [9.17, 15) is 22.8 Å². The zero-order valence-electron chi connectivity index (χ0n) is 18.1. The van der Waals surface area contributed by atoms with E-state index in [1.54, 1.807) is 19.9 Å². The van der Waals surface area contributed by atoms with Crippen LogP contribution >= 0.6 is 0 Å². The lowest BCUT2D eigenvalue weighted by Crippen LogP contribution is -2.29. The zero-order valence-corrected chi connectivity index (χ0v) is 18.1. The molecule has 13 heteroatoms. The molecule has 10 nitrogen and oxygen atoms in total. The van der Waals surface area contributed by atoms with Gasteiger partial charge in [-0.3, -0.25) is 9.59 Å². The summed E-state index contributed by atoms with van der Waals surface area (Å²) in [7, 11) is 0. The van der Waals surface area contributed by atoms with Gasteiger partial charge in [0.15, 0.2) is 11.6 Å². The average molecular weight is 475 g/mol. The van der Waals surface area contributed by atoms with Crippen molar-refractivity contribution in [2.75, 3.05) is 0 Å². The summed E-state index contributed by atoms with van der Waals surface area (Å²) in [6, 6.07) is 4.51. The van der Waals surface area contributed by atoms with Gasteiger partial charge in [0, 0.05) is 11.6 Å². The molecule has 0 aliphatic heterocycles. The zero-order chi connectivity index (χ0) is 24.6. The molecule has 0 unspecified atom stereocenters. The van der Waals surface area contributed by atoms with E-state index < -0.39 is 30.0 Å². The van der Waals surface area contributed by atoms with E-state index in [1.807, 2.05) is 0 Å². The van der Waals surface area contributed by atoms with E-state index in [2.05, 4.69) is 30.1 Å². The minimum Gasteiger partial charge on any atom is -0.406 e. The molecule has 0 bridgehead atoms. The Balaban J connectivity index is 1.60. The Bertz CT molecular complexity index is 1250. The number of nitrogens with zero attached hydrogens (tertiary/aromatic N) is 5. The molecule has 2 aromatic heterocycles. The molecule has 1 aliphatic carbocycles. The van der Waals surface area contributed by atoms with Crippen molar-refractivity contribution in [1.82, 2.24) is 30.0 Å². The van der Waals surface area contributed by atoms with Crippen LogP contribution < -0.4 is 15.8 Å². The third kappa shape index (κ3) is 5.30. The Hall–Kier alpha value is -4.03. The molecule has 0 radical (unpaired) electrons. The fourth-order valence-corrected chi connectivity index (χ4v) is 3.42. The lowest BCUT2D eigenvalue weighted by molar-refractivity contribution is -0.274. The van der Waals surface area contributed by atoms with E-state index in [4.69, 9.17) is 5.73 Å². The highest BCUT2D eigenvalue weighted by molar-refractivity contribution is 5.95. The topological polar surface area (TPSA) is 138 Å². The summed E-state index contributed by atoms with van der Waals surface area (Å²) >= 11 is 0. The van der Waals surface area contributed by atoms with Gasteiger partial charge >= 0.3 is 6.36 Å². The van der Waals surface area contributed by atoms with Crippen LogP contribution in [0.25, 0.3) is 5.82 Å². The van der Waals surface area contributed by atoms with Crippen LogP contribution in [0.1, 0.15) is 69.8 Å². The molecule has 1 atom stereocenters. The van der Waals surface area contributed by atoms with E-state index in [0.29, 0.717) is 11.4 Å². The minimum atomic E-state index is -4.88. The van der Waals surface area contributed by atoms with Gasteiger partial charge in [-0.25, -0.2) is 15.0 Å². The normalized spacial score (nSPS) is 14.5. The Morgan fingerprint density at radius 2 is 1.94 bits per heavy atom. The number of rotatable bonds is 7. The summed E-state index contributed by atoms with van der Waals surface area (Å²) in [4.78, 5) is 36.6. The van der Waals surface area contributed by atoms with E-state index in [1.165, 1.54) is 16.8 Å². The number of primary amides is 1. The molecule has 1 aromatic carbocycles. The fourth-order valence-electron chi connectivity index (χ4n) is 3.42. The van der Waals surface area contributed by atoms with Crippen LogP contribution in [0.4, 0.5) is 13.2 Å². The maximum atomic E-state index is 12.9. The SMILES string of the molecule is Cc1nc([C@H](C)NC(=O)c2cc(OC(F)(F)F)cc(C3CC3)c2)n(-c2cc(C(N)=O)ncn2)n1. The second-order valence-corrected chi connectivity index (χ2v) is 7.86. The molecule has 3 aromatic rings. The summed E-state index contributed by atoms with van der Waals surface area (Å²) in [5, 5.41) is 6.97. The first-order valence-corrected chi connectivity index (χ1v) is 10.3. The van der Waals surface area contributed by atoms with Gasteiger partial charge in [-0.15, -0.1) is 18.3 Å². The van der Waals surface area contributed by atoms with Crippen molar-refractivity contribution >= 4 is 11.8 Å². The molecule has 0 spiro atoms. The lowest BCUT2D eigenvalue weighted by Gasteiger charge is -2.16. The molecule has 3 N–H and O–H groups in total. The monoisotopic (exact) mass is 475 g/mol. The number of carbonyl (C=O) groups is 2. The van der Waals surface area contributed by atoms with Crippen molar-refractivity contribution in [3.63, 3.8) is 0 Å². The Kier molecular flexibility index (Phi) is 5.94. The summed E-state index contributed by atoms with van der Waals surface area (Å²) in [5.74, 6) is -0.864. The van der Waals surface area contributed by atoms with Crippen molar-refractivity contribution in [2.24, 2.45) is 5.73 Å². The molecule has 2 amide bonds. The molecular formula is C21H20F3N7O3. The van der Waals surface area contributed by atoms with E-state index >= 15 is 0 Å². The van der Waals surface area contributed by atoms with Gasteiger partial charge in [-0.1, -0.05) is 0 Å². The van der Waals surface area contributed by atoms with Crippen LogP contribution in [-0.4, -0.2) is 42.9 Å². The van der Waals surface area contributed by atoms with Crippen LogP contribution in [-0.2, 0) is 0 Å². The highest BCUT2D eigenvalue weighted by Gasteiger charge is 2.33. The third-order valence-corrected chi connectivity index (χ3v) is 5.07. The van der Waals surface area contributed by atoms with Gasteiger partial charge in [0.05, 0.1) is 6.04 Å². The first-order chi connectivity index (χ1) is 16.0. The molecule has 178 valence electrons. The second-order valence-electron chi connectivity index (χ2n) is 7.86. The third-order valence-electron chi connectivity index (χ3n) is 5.07. The predicted molar refractivity (Wildman–Crippen MR) is 111 cm³/mol. The number of benzene rings is 1. The van der Waals surface area contributed by atoms with Gasteiger partial charge in [-0.2, -0.15) is 4.68 Å². The van der Waals surface area contributed by atoms with E-state index in [-0.39, 0.29) is 28.8 Å². The standard InChI is InChI=1S/C21H20F3N7O3/c1-10(19-29-11(2)30-31(19)17-8-16(18(25)32)26-9-27-17)28-20(33)14-5-13(12-3-4-12)6-15(7-14)34-21(22,23)24/h5-10,12H,3-4H2,1-2H3,(H2,25,32)(H,28,33)/t10-/m0/s1. The summed E-state index contributed by atoms with van der Waals surface area (Å²) in [5.41, 5.74) is 5.87. The highest BCUT2D eigenvalue weighted by Crippen LogP contribution is 2.42. The van der Waals surface area contributed by atoms with Crippen LogP contribution in [0.15, 0.2) is 30.6 Å². The molecule has 34 heavy (non-hydrogen) atoms. The van der Waals surface area contributed by atoms with Gasteiger partial charge in [0.25, 0.3) is 11.8 Å². The number of carbonyl (C=O) groups excluding carboxylic acids is 2. The van der Waals surface area contributed by atoms with Crippen LogP contribution in [0, 0.1) is 6.92 Å². The van der Waals surface area contributed by atoms with Crippen LogP contribution in [0.5, 0.6) is 5.75 Å². The van der Waals surface area contributed by atoms with E-state index in [0.717, 1.165) is 25.2 Å². The molecular weight excluding hydrogens is 455 g/mol. The number of halogens is 3. The molecule has 1 fully saturated rings. The number of aromatic nitrogens is 5. The maximum Gasteiger partial charge on any atom is 0.573 e. The number of hydrogen-bond donors (Lipinski definition) is 2. The van der Waals surface area contributed by atoms with Crippen molar-refractivity contribution in [3.05, 3.63) is 59.1 Å². The number of nitrogens with one attached hydrogen (secondary N) is 1. The Labute approximate surface area is 191 Å². The number of hydrogen-bond acceptors (Lipinski definition) is 7. The number of nitrogens with two attached hydrogens (primary N) is 1. The van der Waals surface area contributed by atoms with Crippen molar-refractivity contribution in [3.8, 4) is 11.6 Å². The molecule has 1 saturated carbocycles. The molecule has 2 heterocycles. The largest absolute Gasteiger partial charge is 0.573 e. The first-order valence-electron chi connectivity index (χ1n) is 10.3. The summed E-state index contributed by atoms with van der Waals surface area (Å²) in [6.45, 7) is 3.26. The highest BCUT2D eigenvalue weighted by atomic mass is 19.4. The number of alkyl halides is 3. The minimum absolute atomic E-state index is 0.0244.